The van der Waals surface area contributed by atoms with E-state index in [1.165, 1.54) is 4.90 Å². The predicted molar refractivity (Wildman–Crippen MR) is 52.6 cm³/mol. The highest BCUT2D eigenvalue weighted by Crippen LogP contribution is 2.17. The van der Waals surface area contributed by atoms with E-state index < -0.39 is 12.7 Å². The molecule has 0 unspecified atom stereocenters. The second-order valence-corrected chi connectivity index (χ2v) is 3.88. The van der Waals surface area contributed by atoms with Gasteiger partial charge in [-0.2, -0.15) is 13.2 Å². The van der Waals surface area contributed by atoms with E-state index in [0.717, 1.165) is 26.1 Å². The Morgan fingerprint density at radius 3 is 2.00 bits per heavy atom. The number of alkyl halides is 3. The summed E-state index contributed by atoms with van der Waals surface area (Å²) in [4.78, 5) is 3.62. The fourth-order valence-electron chi connectivity index (χ4n) is 1.74. The van der Waals surface area contributed by atoms with Gasteiger partial charge in [-0.05, 0) is 19.5 Å². The van der Waals surface area contributed by atoms with Crippen LogP contribution < -0.4 is 5.73 Å². The van der Waals surface area contributed by atoms with Crippen LogP contribution in [-0.2, 0) is 0 Å². The van der Waals surface area contributed by atoms with Crippen LogP contribution in [0.25, 0.3) is 0 Å². The number of hydrogen-bond donors (Lipinski definition) is 1. The number of hydrogen-bond acceptors (Lipinski definition) is 3. The van der Waals surface area contributed by atoms with E-state index >= 15 is 0 Å². The summed E-state index contributed by atoms with van der Waals surface area (Å²) in [5.74, 6) is 0. The normalized spacial score (nSPS) is 20.8. The molecule has 1 aliphatic rings. The van der Waals surface area contributed by atoms with Gasteiger partial charge >= 0.3 is 6.18 Å². The van der Waals surface area contributed by atoms with Crippen molar-refractivity contribution in [3.8, 4) is 0 Å². The maximum atomic E-state index is 12.1. The molecule has 0 aliphatic carbocycles. The van der Waals surface area contributed by atoms with Crippen molar-refractivity contribution >= 4 is 0 Å². The summed E-state index contributed by atoms with van der Waals surface area (Å²) < 4.78 is 36.2. The van der Waals surface area contributed by atoms with Crippen molar-refractivity contribution in [3.05, 3.63) is 0 Å². The van der Waals surface area contributed by atoms with Crippen molar-refractivity contribution in [2.45, 2.75) is 12.6 Å². The van der Waals surface area contributed by atoms with Gasteiger partial charge in [0.1, 0.15) is 0 Å². The average Bonchev–Trinajstić information content (AvgIpc) is 2.14. The van der Waals surface area contributed by atoms with Crippen LogP contribution in [0.4, 0.5) is 13.2 Å². The van der Waals surface area contributed by atoms with E-state index in [4.69, 9.17) is 5.73 Å². The molecule has 1 saturated heterocycles. The molecular formula is C9H18F3N3. The van der Waals surface area contributed by atoms with Gasteiger partial charge in [0, 0.05) is 26.2 Å². The largest absolute Gasteiger partial charge is 0.401 e. The lowest BCUT2D eigenvalue weighted by Gasteiger charge is -2.34. The van der Waals surface area contributed by atoms with Gasteiger partial charge in [-0.15, -0.1) is 0 Å². The Balaban J connectivity index is 2.18. The number of halogens is 3. The molecule has 1 heterocycles. The second kappa shape index (κ2) is 5.67. The van der Waals surface area contributed by atoms with Crippen LogP contribution >= 0.6 is 0 Å². The van der Waals surface area contributed by atoms with E-state index in [2.05, 4.69) is 4.90 Å². The summed E-state index contributed by atoms with van der Waals surface area (Å²) in [6, 6.07) is 0. The van der Waals surface area contributed by atoms with Crippen LogP contribution in [0.2, 0.25) is 0 Å². The van der Waals surface area contributed by atoms with Crippen molar-refractivity contribution in [3.63, 3.8) is 0 Å². The molecule has 1 rings (SSSR count). The molecule has 1 aliphatic heterocycles. The molecule has 15 heavy (non-hydrogen) atoms. The first-order valence-corrected chi connectivity index (χ1v) is 5.23. The van der Waals surface area contributed by atoms with Crippen LogP contribution in [0.15, 0.2) is 0 Å². The fourth-order valence-corrected chi connectivity index (χ4v) is 1.74. The van der Waals surface area contributed by atoms with Crippen molar-refractivity contribution in [2.75, 3.05) is 45.8 Å². The van der Waals surface area contributed by atoms with E-state index in [1.54, 1.807) is 0 Å². The van der Waals surface area contributed by atoms with Gasteiger partial charge in [-0.25, -0.2) is 0 Å². The molecule has 1 fully saturated rings. The molecule has 0 spiro atoms. The maximum Gasteiger partial charge on any atom is 0.401 e. The highest BCUT2D eigenvalue weighted by Gasteiger charge is 2.31. The van der Waals surface area contributed by atoms with Gasteiger partial charge in [0.2, 0.25) is 0 Å². The lowest BCUT2D eigenvalue weighted by molar-refractivity contribution is -0.149. The molecule has 3 nitrogen and oxygen atoms in total. The lowest BCUT2D eigenvalue weighted by Crippen LogP contribution is -2.49. The van der Waals surface area contributed by atoms with Crippen LogP contribution in [-0.4, -0.2) is 61.8 Å². The number of nitrogens with zero attached hydrogens (tertiary/aromatic N) is 2. The first-order valence-electron chi connectivity index (χ1n) is 5.23. The molecule has 0 aromatic carbocycles. The third-order valence-electron chi connectivity index (χ3n) is 2.55. The molecule has 0 radical (unpaired) electrons. The summed E-state index contributed by atoms with van der Waals surface area (Å²) >= 11 is 0. The Bertz CT molecular complexity index is 176. The molecule has 90 valence electrons. The summed E-state index contributed by atoms with van der Waals surface area (Å²) in [5, 5.41) is 0. The van der Waals surface area contributed by atoms with Crippen molar-refractivity contribution in [2.24, 2.45) is 5.73 Å². The standard InChI is InChI=1S/C9H18F3N3/c10-9(11,12)8-15-6-4-14(5-7-15)3-1-2-13/h1-8,13H2. The highest BCUT2D eigenvalue weighted by molar-refractivity contribution is 4.73. The Morgan fingerprint density at radius 1 is 1.00 bits per heavy atom. The Hall–Kier alpha value is -0.330. The SMILES string of the molecule is NCCCN1CCN(CC(F)(F)F)CC1. The molecule has 0 aromatic rings. The van der Waals surface area contributed by atoms with Gasteiger partial charge < -0.3 is 10.6 Å². The average molecular weight is 225 g/mol. The molecule has 0 aromatic heterocycles. The maximum absolute atomic E-state index is 12.1. The minimum Gasteiger partial charge on any atom is -0.330 e. The molecular weight excluding hydrogens is 207 g/mol. The summed E-state index contributed by atoms with van der Waals surface area (Å²) in [5.41, 5.74) is 5.37. The summed E-state index contributed by atoms with van der Waals surface area (Å²) in [6.45, 7) is 3.21. The van der Waals surface area contributed by atoms with Gasteiger partial charge in [0.05, 0.1) is 6.54 Å². The molecule has 0 atom stereocenters. The monoisotopic (exact) mass is 225 g/mol. The molecule has 0 amide bonds. The van der Waals surface area contributed by atoms with Gasteiger partial charge in [-0.3, -0.25) is 4.90 Å². The van der Waals surface area contributed by atoms with Crippen molar-refractivity contribution < 1.29 is 13.2 Å². The zero-order valence-electron chi connectivity index (χ0n) is 8.76. The van der Waals surface area contributed by atoms with Gasteiger partial charge in [0.15, 0.2) is 0 Å². The van der Waals surface area contributed by atoms with Crippen molar-refractivity contribution in [1.29, 1.82) is 0 Å². The van der Waals surface area contributed by atoms with Crippen LogP contribution in [0, 0.1) is 0 Å². The van der Waals surface area contributed by atoms with Crippen LogP contribution in [0.5, 0.6) is 0 Å². The smallest absolute Gasteiger partial charge is 0.330 e. The second-order valence-electron chi connectivity index (χ2n) is 3.88. The number of nitrogens with two attached hydrogens (primary N) is 1. The number of piperazine rings is 1. The Morgan fingerprint density at radius 2 is 1.53 bits per heavy atom. The minimum atomic E-state index is -4.07. The first kappa shape index (κ1) is 12.7. The van der Waals surface area contributed by atoms with Gasteiger partial charge in [-0.1, -0.05) is 0 Å². The molecule has 6 heteroatoms. The Kier molecular flexibility index (Phi) is 4.82. The van der Waals surface area contributed by atoms with E-state index in [1.807, 2.05) is 0 Å². The summed E-state index contributed by atoms with van der Waals surface area (Å²) in [6.07, 6.45) is -3.15. The zero-order valence-corrected chi connectivity index (χ0v) is 8.76. The lowest BCUT2D eigenvalue weighted by atomic mass is 10.3. The zero-order chi connectivity index (χ0) is 11.3. The van der Waals surface area contributed by atoms with E-state index in [-0.39, 0.29) is 0 Å². The minimum absolute atomic E-state index is 0.504. The highest BCUT2D eigenvalue weighted by atomic mass is 19.4. The summed E-state index contributed by atoms with van der Waals surface area (Å²) in [7, 11) is 0. The van der Waals surface area contributed by atoms with Crippen molar-refractivity contribution in [1.82, 2.24) is 9.80 Å². The number of rotatable bonds is 4. The van der Waals surface area contributed by atoms with Gasteiger partial charge in [0.25, 0.3) is 0 Å². The molecule has 0 bridgehead atoms. The molecule has 0 saturated carbocycles. The first-order chi connectivity index (χ1) is 7.01. The fraction of sp³-hybridized carbons (Fsp3) is 1.00. The Labute approximate surface area is 88.0 Å². The van der Waals surface area contributed by atoms with E-state index in [0.29, 0.717) is 19.6 Å². The third-order valence-corrected chi connectivity index (χ3v) is 2.55. The van der Waals surface area contributed by atoms with Crippen LogP contribution in [0.1, 0.15) is 6.42 Å². The predicted octanol–water partition coefficient (Wildman–Crippen LogP) is 0.515. The topological polar surface area (TPSA) is 32.5 Å². The van der Waals surface area contributed by atoms with Crippen LogP contribution in [0.3, 0.4) is 0 Å². The van der Waals surface area contributed by atoms with E-state index in [9.17, 15) is 13.2 Å². The third kappa shape index (κ3) is 5.34. The quantitative estimate of drug-likeness (QED) is 0.757. The molecule has 2 N–H and O–H groups in total.